The first kappa shape index (κ1) is 14.4. The van der Waals surface area contributed by atoms with Crippen LogP contribution >= 0.6 is 0 Å². The van der Waals surface area contributed by atoms with Gasteiger partial charge in [0, 0.05) is 11.5 Å². The van der Waals surface area contributed by atoms with Crippen LogP contribution in [0.25, 0.3) is 0 Å². The summed E-state index contributed by atoms with van der Waals surface area (Å²) in [6.07, 6.45) is 4.59. The molecular formula is C16H18O4. The number of carbonyl (C=O) groups is 3. The minimum Gasteiger partial charge on any atom is -0.426 e. The Labute approximate surface area is 118 Å². The fourth-order valence-corrected chi connectivity index (χ4v) is 2.50. The molecule has 0 aromatic heterocycles. The van der Waals surface area contributed by atoms with Crippen molar-refractivity contribution in [1.29, 1.82) is 0 Å². The average molecular weight is 274 g/mol. The first-order chi connectivity index (χ1) is 9.63. The van der Waals surface area contributed by atoms with E-state index in [9.17, 15) is 14.4 Å². The summed E-state index contributed by atoms with van der Waals surface area (Å²) in [6, 6.07) is 5.03. The number of aryl methyl sites for hydroxylation is 1. The van der Waals surface area contributed by atoms with Gasteiger partial charge in [0.25, 0.3) is 0 Å². The second-order valence-electron chi connectivity index (χ2n) is 5.31. The third-order valence-electron chi connectivity index (χ3n) is 3.89. The number of esters is 1. The first-order valence-electron chi connectivity index (χ1n) is 6.87. The zero-order valence-electron chi connectivity index (χ0n) is 11.5. The van der Waals surface area contributed by atoms with Crippen molar-refractivity contribution in [2.75, 3.05) is 0 Å². The van der Waals surface area contributed by atoms with Gasteiger partial charge in [0.2, 0.25) is 0 Å². The Kier molecular flexibility index (Phi) is 4.66. The predicted molar refractivity (Wildman–Crippen MR) is 73.7 cm³/mol. The molecule has 1 saturated carbocycles. The van der Waals surface area contributed by atoms with Crippen LogP contribution in [0.2, 0.25) is 0 Å². The molecule has 20 heavy (non-hydrogen) atoms. The summed E-state index contributed by atoms with van der Waals surface area (Å²) in [5.74, 6) is 0.0718. The Balaban J connectivity index is 1.98. The van der Waals surface area contributed by atoms with Gasteiger partial charge < -0.3 is 9.53 Å². The summed E-state index contributed by atoms with van der Waals surface area (Å²) in [6.45, 7) is 1.83. The van der Waals surface area contributed by atoms with Crippen LogP contribution in [0.3, 0.4) is 0 Å². The molecule has 4 heteroatoms. The van der Waals surface area contributed by atoms with Crippen LogP contribution in [0.15, 0.2) is 18.2 Å². The lowest BCUT2D eigenvalue weighted by Gasteiger charge is -2.23. The Morgan fingerprint density at radius 3 is 2.50 bits per heavy atom. The largest absolute Gasteiger partial charge is 0.426 e. The van der Waals surface area contributed by atoms with E-state index in [0.717, 1.165) is 31.0 Å². The molecular weight excluding hydrogens is 256 g/mol. The van der Waals surface area contributed by atoms with Crippen molar-refractivity contribution in [2.24, 2.45) is 11.8 Å². The van der Waals surface area contributed by atoms with Crippen LogP contribution in [0.4, 0.5) is 0 Å². The Hall–Kier alpha value is -1.97. The third-order valence-corrected chi connectivity index (χ3v) is 3.89. The zero-order valence-corrected chi connectivity index (χ0v) is 11.5. The van der Waals surface area contributed by atoms with Crippen molar-refractivity contribution in [2.45, 2.75) is 32.6 Å². The van der Waals surface area contributed by atoms with Crippen molar-refractivity contribution in [1.82, 2.24) is 0 Å². The summed E-state index contributed by atoms with van der Waals surface area (Å²) < 4.78 is 5.33. The van der Waals surface area contributed by atoms with Crippen LogP contribution in [-0.2, 0) is 9.59 Å². The quantitative estimate of drug-likeness (QED) is 0.481. The van der Waals surface area contributed by atoms with E-state index in [0.29, 0.717) is 24.2 Å². The molecule has 0 saturated heterocycles. The van der Waals surface area contributed by atoms with Gasteiger partial charge in [0.05, 0.1) is 5.92 Å². The fourth-order valence-electron chi connectivity index (χ4n) is 2.50. The molecule has 1 aromatic carbocycles. The second-order valence-corrected chi connectivity index (χ2v) is 5.31. The van der Waals surface area contributed by atoms with Gasteiger partial charge in [-0.1, -0.05) is 6.07 Å². The number of aldehydes is 2. The van der Waals surface area contributed by atoms with E-state index in [-0.39, 0.29) is 17.8 Å². The molecule has 0 unspecified atom stereocenters. The van der Waals surface area contributed by atoms with Gasteiger partial charge in [-0.15, -0.1) is 0 Å². The maximum atomic E-state index is 12.0. The second kappa shape index (κ2) is 6.46. The highest BCUT2D eigenvalue weighted by Gasteiger charge is 2.27. The topological polar surface area (TPSA) is 60.4 Å². The lowest BCUT2D eigenvalue weighted by atomic mass is 9.83. The number of hydrogen-bond acceptors (Lipinski definition) is 4. The van der Waals surface area contributed by atoms with Gasteiger partial charge in [0.15, 0.2) is 0 Å². The number of carbonyl (C=O) groups excluding carboxylic acids is 3. The standard InChI is InChI=1S/C16H18O4/c1-11-2-7-15(8-14(11)10-18)20-16(19)13-5-3-12(9-17)4-6-13/h2,7-10,12-13H,3-6H2,1H3/t12-,13-. The molecule has 1 aliphatic rings. The Morgan fingerprint density at radius 2 is 1.90 bits per heavy atom. The Morgan fingerprint density at radius 1 is 1.20 bits per heavy atom. The highest BCUT2D eigenvalue weighted by molar-refractivity contribution is 5.80. The highest BCUT2D eigenvalue weighted by Crippen LogP contribution is 2.29. The fraction of sp³-hybridized carbons (Fsp3) is 0.438. The zero-order chi connectivity index (χ0) is 14.5. The van der Waals surface area contributed by atoms with Gasteiger partial charge in [-0.05, 0) is 50.3 Å². The van der Waals surface area contributed by atoms with E-state index in [2.05, 4.69) is 0 Å². The number of rotatable bonds is 4. The molecule has 0 bridgehead atoms. The van der Waals surface area contributed by atoms with E-state index in [1.165, 1.54) is 0 Å². The van der Waals surface area contributed by atoms with Crippen LogP contribution in [-0.4, -0.2) is 18.5 Å². The van der Waals surface area contributed by atoms with E-state index < -0.39 is 0 Å². The van der Waals surface area contributed by atoms with Crippen molar-refractivity contribution < 1.29 is 19.1 Å². The van der Waals surface area contributed by atoms with Crippen molar-refractivity contribution in [3.8, 4) is 5.75 Å². The smallest absolute Gasteiger partial charge is 0.314 e. The summed E-state index contributed by atoms with van der Waals surface area (Å²) in [5, 5.41) is 0. The van der Waals surface area contributed by atoms with Gasteiger partial charge >= 0.3 is 5.97 Å². The third kappa shape index (κ3) is 3.32. The van der Waals surface area contributed by atoms with Crippen molar-refractivity contribution in [3.05, 3.63) is 29.3 Å². The van der Waals surface area contributed by atoms with Gasteiger partial charge in [-0.3, -0.25) is 9.59 Å². The van der Waals surface area contributed by atoms with E-state index >= 15 is 0 Å². The summed E-state index contributed by atoms with van der Waals surface area (Å²) in [7, 11) is 0. The molecule has 0 spiro atoms. The first-order valence-corrected chi connectivity index (χ1v) is 6.87. The maximum Gasteiger partial charge on any atom is 0.314 e. The minimum absolute atomic E-state index is 0.0834. The van der Waals surface area contributed by atoms with Gasteiger partial charge in [-0.2, -0.15) is 0 Å². The van der Waals surface area contributed by atoms with Crippen LogP contribution in [0.5, 0.6) is 5.75 Å². The molecule has 0 heterocycles. The predicted octanol–water partition coefficient (Wildman–Crippen LogP) is 2.72. The molecule has 2 rings (SSSR count). The van der Waals surface area contributed by atoms with Crippen LogP contribution < -0.4 is 4.74 Å². The maximum absolute atomic E-state index is 12.0. The molecule has 0 N–H and O–H groups in total. The van der Waals surface area contributed by atoms with E-state index in [1.807, 2.05) is 6.92 Å². The monoisotopic (exact) mass is 274 g/mol. The molecule has 1 fully saturated rings. The number of hydrogen-bond donors (Lipinski definition) is 0. The van der Waals surface area contributed by atoms with Crippen molar-refractivity contribution in [3.63, 3.8) is 0 Å². The SMILES string of the molecule is Cc1ccc(OC(=O)[C@H]2CC[C@H](C=O)CC2)cc1C=O. The van der Waals surface area contributed by atoms with Gasteiger partial charge in [0.1, 0.15) is 18.3 Å². The molecule has 0 radical (unpaired) electrons. The molecule has 106 valence electrons. The van der Waals surface area contributed by atoms with Crippen LogP contribution in [0.1, 0.15) is 41.6 Å². The summed E-state index contributed by atoms with van der Waals surface area (Å²) >= 11 is 0. The van der Waals surface area contributed by atoms with E-state index in [1.54, 1.807) is 18.2 Å². The lowest BCUT2D eigenvalue weighted by Crippen LogP contribution is -2.26. The minimum atomic E-state index is -0.268. The molecule has 0 amide bonds. The normalized spacial score (nSPS) is 22.1. The highest BCUT2D eigenvalue weighted by atomic mass is 16.5. The summed E-state index contributed by atoms with van der Waals surface area (Å²) in [4.78, 5) is 33.6. The van der Waals surface area contributed by atoms with E-state index in [4.69, 9.17) is 4.74 Å². The average Bonchev–Trinajstić information content (AvgIpc) is 2.49. The Bertz CT molecular complexity index is 513. The molecule has 0 aliphatic heterocycles. The van der Waals surface area contributed by atoms with Crippen molar-refractivity contribution >= 4 is 18.5 Å². The lowest BCUT2D eigenvalue weighted by molar-refractivity contribution is -0.140. The molecule has 1 aromatic rings. The van der Waals surface area contributed by atoms with Crippen LogP contribution in [0, 0.1) is 18.8 Å². The molecule has 1 aliphatic carbocycles. The summed E-state index contributed by atoms with van der Waals surface area (Å²) in [5.41, 5.74) is 1.38. The molecule has 4 nitrogen and oxygen atoms in total. The molecule has 0 atom stereocenters. The number of ether oxygens (including phenoxy) is 1. The number of benzene rings is 1. The van der Waals surface area contributed by atoms with Gasteiger partial charge in [-0.25, -0.2) is 0 Å².